The second-order valence-corrected chi connectivity index (χ2v) is 7.57. The molecule has 0 radical (unpaired) electrons. The molecule has 2 aliphatic heterocycles. The van der Waals surface area contributed by atoms with Gasteiger partial charge in [0.05, 0.1) is 18.9 Å². The fourth-order valence-electron chi connectivity index (χ4n) is 4.02. The lowest BCUT2D eigenvalue weighted by molar-refractivity contribution is 0.157. The predicted molar refractivity (Wildman–Crippen MR) is 94.3 cm³/mol. The summed E-state index contributed by atoms with van der Waals surface area (Å²) in [6.45, 7) is 5.21. The van der Waals surface area contributed by atoms with E-state index in [2.05, 4.69) is 10.2 Å². The monoisotopic (exact) mass is 347 g/mol. The fraction of sp³-hybridized carbons (Fsp3) is 0.737. The number of urea groups is 1. The summed E-state index contributed by atoms with van der Waals surface area (Å²) >= 11 is 0. The first-order valence-electron chi connectivity index (χ1n) is 9.71. The van der Waals surface area contributed by atoms with Gasteiger partial charge in [-0.25, -0.2) is 4.79 Å². The molecule has 2 atom stereocenters. The molecule has 138 valence electrons. The molecule has 4 rings (SSSR count). The molecular formula is C19H29N3O3. The molecular weight excluding hydrogens is 318 g/mol. The molecule has 25 heavy (non-hydrogen) atoms. The van der Waals surface area contributed by atoms with Gasteiger partial charge in [0.2, 0.25) is 0 Å². The van der Waals surface area contributed by atoms with Crippen molar-refractivity contribution in [2.24, 2.45) is 5.92 Å². The molecule has 1 N–H and O–H groups in total. The van der Waals surface area contributed by atoms with Crippen LogP contribution in [0.25, 0.3) is 0 Å². The van der Waals surface area contributed by atoms with Gasteiger partial charge in [0.25, 0.3) is 0 Å². The summed E-state index contributed by atoms with van der Waals surface area (Å²) in [6.07, 6.45) is 7.50. The van der Waals surface area contributed by atoms with Gasteiger partial charge >= 0.3 is 6.03 Å². The number of amides is 2. The Morgan fingerprint density at radius 1 is 1.32 bits per heavy atom. The molecule has 1 saturated carbocycles. The van der Waals surface area contributed by atoms with E-state index in [9.17, 15) is 4.79 Å². The number of nitrogens with zero attached hydrogens (tertiary/aromatic N) is 2. The van der Waals surface area contributed by atoms with Gasteiger partial charge in [-0.15, -0.1) is 0 Å². The second-order valence-electron chi connectivity index (χ2n) is 7.57. The summed E-state index contributed by atoms with van der Waals surface area (Å²) in [5.41, 5.74) is 0. The number of furan rings is 1. The number of carbonyl (C=O) groups is 1. The highest BCUT2D eigenvalue weighted by Crippen LogP contribution is 2.29. The summed E-state index contributed by atoms with van der Waals surface area (Å²) in [7, 11) is 0. The number of hydrogen-bond acceptors (Lipinski definition) is 4. The summed E-state index contributed by atoms with van der Waals surface area (Å²) in [4.78, 5) is 17.3. The third kappa shape index (κ3) is 4.18. The maximum atomic E-state index is 12.8. The van der Waals surface area contributed by atoms with E-state index in [1.807, 2.05) is 17.0 Å². The lowest BCUT2D eigenvalue weighted by Gasteiger charge is -2.29. The molecule has 1 aliphatic carbocycles. The fourth-order valence-corrected chi connectivity index (χ4v) is 4.02. The van der Waals surface area contributed by atoms with Crippen molar-refractivity contribution >= 4 is 6.03 Å². The number of likely N-dealkylation sites (tertiary alicyclic amines) is 1. The molecule has 3 aliphatic rings. The molecule has 0 aromatic carbocycles. The highest BCUT2D eigenvalue weighted by atomic mass is 16.5. The van der Waals surface area contributed by atoms with Crippen LogP contribution in [0.4, 0.5) is 4.79 Å². The minimum atomic E-state index is 0.0742. The molecule has 6 nitrogen and oxygen atoms in total. The Bertz CT molecular complexity index is 546. The normalized spacial score (nSPS) is 25.2. The smallest absolute Gasteiger partial charge is 0.317 e. The zero-order valence-corrected chi connectivity index (χ0v) is 14.9. The molecule has 2 unspecified atom stereocenters. The SMILES string of the molecule is O=C(NCC(c1ccco1)N1CCCC1)N(CC1CCOC1)C1CC1. The molecule has 6 heteroatoms. The van der Waals surface area contributed by atoms with E-state index in [-0.39, 0.29) is 12.1 Å². The average molecular weight is 347 g/mol. The molecule has 3 heterocycles. The van der Waals surface area contributed by atoms with Gasteiger partial charge in [-0.2, -0.15) is 0 Å². The Kier molecular flexibility index (Phi) is 5.27. The zero-order valence-electron chi connectivity index (χ0n) is 14.9. The topological polar surface area (TPSA) is 58.0 Å². The van der Waals surface area contributed by atoms with Crippen molar-refractivity contribution in [1.82, 2.24) is 15.1 Å². The highest BCUT2D eigenvalue weighted by molar-refractivity contribution is 5.75. The Morgan fingerprint density at radius 2 is 2.16 bits per heavy atom. The van der Waals surface area contributed by atoms with Crippen LogP contribution < -0.4 is 5.32 Å². The first-order chi connectivity index (χ1) is 12.3. The third-order valence-corrected chi connectivity index (χ3v) is 5.63. The van der Waals surface area contributed by atoms with E-state index >= 15 is 0 Å². The standard InChI is InChI=1S/C19H29N3O3/c23-19(22(16-5-6-16)13-15-7-11-24-14-15)20-12-17(18-4-3-10-25-18)21-8-1-2-9-21/h3-4,10,15-17H,1-2,5-9,11-14H2,(H,20,23). The van der Waals surface area contributed by atoms with E-state index in [0.717, 1.165) is 57.9 Å². The third-order valence-electron chi connectivity index (χ3n) is 5.63. The summed E-state index contributed by atoms with van der Waals surface area (Å²) in [5.74, 6) is 1.44. The van der Waals surface area contributed by atoms with Gasteiger partial charge < -0.3 is 19.4 Å². The largest absolute Gasteiger partial charge is 0.468 e. The van der Waals surface area contributed by atoms with Crippen LogP contribution in [-0.2, 0) is 4.74 Å². The van der Waals surface area contributed by atoms with E-state index in [1.54, 1.807) is 6.26 Å². The Hall–Kier alpha value is -1.53. The molecule has 1 aromatic heterocycles. The summed E-state index contributed by atoms with van der Waals surface area (Å²) in [5, 5.41) is 3.19. The van der Waals surface area contributed by atoms with Crippen LogP contribution in [0.1, 0.15) is 43.9 Å². The van der Waals surface area contributed by atoms with Crippen molar-refractivity contribution in [2.45, 2.75) is 44.2 Å². The van der Waals surface area contributed by atoms with Gasteiger partial charge in [-0.3, -0.25) is 4.90 Å². The van der Waals surface area contributed by atoms with Crippen LogP contribution in [0.2, 0.25) is 0 Å². The molecule has 2 amide bonds. The van der Waals surface area contributed by atoms with E-state index in [0.29, 0.717) is 18.5 Å². The van der Waals surface area contributed by atoms with Crippen molar-refractivity contribution < 1.29 is 13.9 Å². The minimum Gasteiger partial charge on any atom is -0.468 e. The van der Waals surface area contributed by atoms with Gasteiger partial charge in [0.15, 0.2) is 0 Å². The maximum Gasteiger partial charge on any atom is 0.317 e. The second kappa shape index (κ2) is 7.79. The lowest BCUT2D eigenvalue weighted by atomic mass is 10.1. The highest BCUT2D eigenvalue weighted by Gasteiger charge is 2.35. The van der Waals surface area contributed by atoms with Crippen molar-refractivity contribution in [3.8, 4) is 0 Å². The lowest BCUT2D eigenvalue weighted by Crippen LogP contribution is -2.46. The van der Waals surface area contributed by atoms with E-state index in [1.165, 1.54) is 12.8 Å². The van der Waals surface area contributed by atoms with Crippen LogP contribution in [0.5, 0.6) is 0 Å². The minimum absolute atomic E-state index is 0.0742. The maximum absolute atomic E-state index is 12.8. The van der Waals surface area contributed by atoms with Crippen LogP contribution in [0.3, 0.4) is 0 Å². The number of hydrogen-bond donors (Lipinski definition) is 1. The first-order valence-corrected chi connectivity index (χ1v) is 9.71. The van der Waals surface area contributed by atoms with Gasteiger partial charge in [-0.1, -0.05) is 0 Å². The van der Waals surface area contributed by atoms with Crippen molar-refractivity contribution in [3.05, 3.63) is 24.2 Å². The van der Waals surface area contributed by atoms with Crippen LogP contribution in [0, 0.1) is 5.92 Å². The van der Waals surface area contributed by atoms with Crippen LogP contribution in [0.15, 0.2) is 22.8 Å². The van der Waals surface area contributed by atoms with Crippen LogP contribution in [-0.4, -0.2) is 61.3 Å². The summed E-state index contributed by atoms with van der Waals surface area (Å²) < 4.78 is 11.1. The summed E-state index contributed by atoms with van der Waals surface area (Å²) in [6, 6.07) is 4.58. The van der Waals surface area contributed by atoms with Crippen LogP contribution >= 0.6 is 0 Å². The molecule has 1 aromatic rings. The first kappa shape index (κ1) is 16.9. The van der Waals surface area contributed by atoms with Gasteiger partial charge in [0.1, 0.15) is 5.76 Å². The van der Waals surface area contributed by atoms with E-state index in [4.69, 9.17) is 9.15 Å². The van der Waals surface area contributed by atoms with E-state index < -0.39 is 0 Å². The van der Waals surface area contributed by atoms with Crippen molar-refractivity contribution in [1.29, 1.82) is 0 Å². The quantitative estimate of drug-likeness (QED) is 0.824. The number of ether oxygens (including phenoxy) is 1. The molecule has 2 saturated heterocycles. The Labute approximate surface area is 149 Å². The Morgan fingerprint density at radius 3 is 2.80 bits per heavy atom. The van der Waals surface area contributed by atoms with Crippen molar-refractivity contribution in [3.63, 3.8) is 0 Å². The van der Waals surface area contributed by atoms with Gasteiger partial charge in [0, 0.05) is 31.7 Å². The molecule has 3 fully saturated rings. The molecule has 0 spiro atoms. The average Bonchev–Trinajstić information content (AvgIpc) is 3.11. The molecule has 0 bridgehead atoms. The number of rotatable bonds is 7. The number of nitrogens with one attached hydrogen (secondary N) is 1. The van der Waals surface area contributed by atoms with Crippen molar-refractivity contribution in [2.75, 3.05) is 39.4 Å². The predicted octanol–water partition coefficient (Wildman–Crippen LogP) is 2.63. The number of carbonyl (C=O) groups excluding carboxylic acids is 1. The van der Waals surface area contributed by atoms with Gasteiger partial charge in [-0.05, 0) is 57.3 Å². The Balaban J connectivity index is 1.36. The zero-order chi connectivity index (χ0) is 17.1.